The summed E-state index contributed by atoms with van der Waals surface area (Å²) in [7, 11) is 0. The molecule has 2 unspecified atom stereocenters. The van der Waals surface area contributed by atoms with Crippen molar-refractivity contribution >= 4 is 11.9 Å². The Morgan fingerprint density at radius 1 is 1.26 bits per heavy atom. The van der Waals surface area contributed by atoms with E-state index in [1.807, 2.05) is 44.2 Å². The van der Waals surface area contributed by atoms with Crippen LogP contribution in [0.25, 0.3) is 0 Å². The summed E-state index contributed by atoms with van der Waals surface area (Å²) in [5.74, 6) is -1.27. The van der Waals surface area contributed by atoms with Gasteiger partial charge in [-0.15, -0.1) is 0 Å². The summed E-state index contributed by atoms with van der Waals surface area (Å²) in [5, 5.41) is 9.50. The van der Waals surface area contributed by atoms with Crippen molar-refractivity contribution in [2.24, 2.45) is 11.7 Å². The van der Waals surface area contributed by atoms with Crippen molar-refractivity contribution < 1.29 is 14.7 Å². The zero-order chi connectivity index (χ0) is 17.0. The van der Waals surface area contributed by atoms with Crippen molar-refractivity contribution in [1.29, 1.82) is 0 Å². The lowest BCUT2D eigenvalue weighted by Crippen LogP contribution is -2.61. The highest BCUT2D eigenvalue weighted by Gasteiger charge is 2.37. The monoisotopic (exact) mass is 319 g/mol. The number of aliphatic carboxylic acids is 1. The molecule has 3 N–H and O–H groups in total. The highest BCUT2D eigenvalue weighted by atomic mass is 16.4. The molecule has 1 aliphatic heterocycles. The van der Waals surface area contributed by atoms with Gasteiger partial charge in [-0.05, 0) is 11.5 Å². The number of amides is 1. The van der Waals surface area contributed by atoms with E-state index in [-0.39, 0.29) is 11.8 Å². The van der Waals surface area contributed by atoms with Crippen LogP contribution in [0.2, 0.25) is 0 Å². The summed E-state index contributed by atoms with van der Waals surface area (Å²) in [6.07, 6.45) is 0. The van der Waals surface area contributed by atoms with Crippen molar-refractivity contribution in [3.8, 4) is 0 Å². The Morgan fingerprint density at radius 2 is 1.91 bits per heavy atom. The second-order valence-corrected chi connectivity index (χ2v) is 6.38. The standard InChI is InChI=1S/C17H25N3O3/c1-12(2)15(18)16(21)20-9-8-19(11-14(20)17(22)23)10-13-6-4-3-5-7-13/h3-7,12,14-15H,8-11,18H2,1-2H3,(H,22,23). The van der Waals surface area contributed by atoms with Crippen LogP contribution in [-0.4, -0.2) is 58.5 Å². The number of carboxylic acid groups (broad SMARTS) is 1. The third kappa shape index (κ3) is 4.30. The van der Waals surface area contributed by atoms with E-state index in [1.165, 1.54) is 4.90 Å². The molecule has 0 radical (unpaired) electrons. The maximum atomic E-state index is 12.4. The molecule has 1 heterocycles. The van der Waals surface area contributed by atoms with Gasteiger partial charge >= 0.3 is 5.97 Å². The maximum absolute atomic E-state index is 12.4. The van der Waals surface area contributed by atoms with Crippen LogP contribution in [0.15, 0.2) is 30.3 Å². The van der Waals surface area contributed by atoms with Gasteiger partial charge in [-0.2, -0.15) is 0 Å². The normalized spacial score (nSPS) is 20.5. The average molecular weight is 319 g/mol. The molecule has 6 nitrogen and oxygen atoms in total. The van der Waals surface area contributed by atoms with E-state index < -0.39 is 18.1 Å². The summed E-state index contributed by atoms with van der Waals surface area (Å²) >= 11 is 0. The fourth-order valence-electron chi connectivity index (χ4n) is 2.78. The summed E-state index contributed by atoms with van der Waals surface area (Å²) in [4.78, 5) is 27.5. The average Bonchev–Trinajstić information content (AvgIpc) is 2.54. The Balaban J connectivity index is 2.06. The van der Waals surface area contributed by atoms with Crippen LogP contribution < -0.4 is 5.73 Å². The van der Waals surface area contributed by atoms with Crippen molar-refractivity contribution in [2.45, 2.75) is 32.5 Å². The van der Waals surface area contributed by atoms with Gasteiger partial charge in [-0.1, -0.05) is 44.2 Å². The van der Waals surface area contributed by atoms with Gasteiger partial charge in [0.05, 0.1) is 6.04 Å². The number of carbonyl (C=O) groups excluding carboxylic acids is 1. The summed E-state index contributed by atoms with van der Waals surface area (Å²) in [6, 6.07) is 8.41. The molecule has 1 aliphatic rings. The number of piperazine rings is 1. The molecule has 0 bridgehead atoms. The molecule has 126 valence electrons. The van der Waals surface area contributed by atoms with Crippen LogP contribution in [-0.2, 0) is 16.1 Å². The molecule has 2 rings (SSSR count). The van der Waals surface area contributed by atoms with Gasteiger partial charge in [-0.25, -0.2) is 4.79 Å². The summed E-state index contributed by atoms with van der Waals surface area (Å²) < 4.78 is 0. The fraction of sp³-hybridized carbons (Fsp3) is 0.529. The van der Waals surface area contributed by atoms with Crippen LogP contribution >= 0.6 is 0 Å². The molecule has 1 saturated heterocycles. The molecule has 0 aliphatic carbocycles. The lowest BCUT2D eigenvalue weighted by atomic mass is 10.0. The first-order valence-electron chi connectivity index (χ1n) is 7.95. The van der Waals surface area contributed by atoms with E-state index in [4.69, 9.17) is 5.73 Å². The smallest absolute Gasteiger partial charge is 0.327 e. The number of nitrogens with two attached hydrogens (primary N) is 1. The molecule has 1 aromatic rings. The Hall–Kier alpha value is -1.92. The number of hydrogen-bond donors (Lipinski definition) is 2. The number of rotatable bonds is 5. The Kier molecular flexibility index (Phi) is 5.74. The first kappa shape index (κ1) is 17.4. The minimum absolute atomic E-state index is 0.0145. The highest BCUT2D eigenvalue weighted by molar-refractivity contribution is 5.87. The number of carboxylic acids is 1. The second-order valence-electron chi connectivity index (χ2n) is 6.38. The third-order valence-corrected chi connectivity index (χ3v) is 4.29. The molecular formula is C17H25N3O3. The first-order valence-corrected chi connectivity index (χ1v) is 7.95. The van der Waals surface area contributed by atoms with Crippen molar-refractivity contribution in [3.63, 3.8) is 0 Å². The Morgan fingerprint density at radius 3 is 2.48 bits per heavy atom. The molecule has 1 fully saturated rings. The van der Waals surface area contributed by atoms with Crippen LogP contribution in [0.5, 0.6) is 0 Å². The Bertz CT molecular complexity index is 547. The van der Waals surface area contributed by atoms with Gasteiger partial charge < -0.3 is 15.7 Å². The van der Waals surface area contributed by atoms with Crippen molar-refractivity contribution in [2.75, 3.05) is 19.6 Å². The van der Waals surface area contributed by atoms with Crippen molar-refractivity contribution in [1.82, 2.24) is 9.80 Å². The first-order chi connectivity index (χ1) is 10.9. The van der Waals surface area contributed by atoms with E-state index in [2.05, 4.69) is 4.90 Å². The largest absolute Gasteiger partial charge is 0.480 e. The molecule has 0 spiro atoms. The van der Waals surface area contributed by atoms with Crippen LogP contribution in [0, 0.1) is 5.92 Å². The number of benzene rings is 1. The SMILES string of the molecule is CC(C)C(N)C(=O)N1CCN(Cc2ccccc2)CC1C(=O)O. The van der Waals surface area contributed by atoms with E-state index >= 15 is 0 Å². The van der Waals surface area contributed by atoms with Crippen LogP contribution in [0.1, 0.15) is 19.4 Å². The topological polar surface area (TPSA) is 86.9 Å². The second kappa shape index (κ2) is 7.57. The molecule has 1 amide bonds. The lowest BCUT2D eigenvalue weighted by Gasteiger charge is -2.40. The van der Waals surface area contributed by atoms with E-state index in [0.717, 1.165) is 5.56 Å². The number of carbonyl (C=O) groups is 2. The third-order valence-electron chi connectivity index (χ3n) is 4.29. The lowest BCUT2D eigenvalue weighted by molar-refractivity contribution is -0.155. The van der Waals surface area contributed by atoms with Gasteiger partial charge in [0.15, 0.2) is 0 Å². The van der Waals surface area contributed by atoms with Gasteiger partial charge in [-0.3, -0.25) is 9.69 Å². The van der Waals surface area contributed by atoms with E-state index in [1.54, 1.807) is 0 Å². The molecular weight excluding hydrogens is 294 g/mol. The van der Waals surface area contributed by atoms with Gasteiger partial charge in [0.1, 0.15) is 6.04 Å². The molecule has 6 heteroatoms. The quantitative estimate of drug-likeness (QED) is 0.837. The maximum Gasteiger partial charge on any atom is 0.327 e. The van der Waals surface area contributed by atoms with Gasteiger partial charge in [0, 0.05) is 26.2 Å². The predicted molar refractivity (Wildman–Crippen MR) is 87.7 cm³/mol. The van der Waals surface area contributed by atoms with Gasteiger partial charge in [0.25, 0.3) is 0 Å². The van der Waals surface area contributed by atoms with Crippen LogP contribution in [0.3, 0.4) is 0 Å². The van der Waals surface area contributed by atoms with Crippen LogP contribution in [0.4, 0.5) is 0 Å². The van der Waals surface area contributed by atoms with E-state index in [0.29, 0.717) is 26.2 Å². The molecule has 0 aromatic heterocycles. The van der Waals surface area contributed by atoms with Gasteiger partial charge in [0.2, 0.25) is 5.91 Å². The number of hydrogen-bond acceptors (Lipinski definition) is 4. The van der Waals surface area contributed by atoms with Crippen molar-refractivity contribution in [3.05, 3.63) is 35.9 Å². The Labute approximate surface area is 136 Å². The molecule has 2 atom stereocenters. The molecule has 0 saturated carbocycles. The number of nitrogens with zero attached hydrogens (tertiary/aromatic N) is 2. The molecule has 1 aromatic carbocycles. The fourth-order valence-corrected chi connectivity index (χ4v) is 2.78. The highest BCUT2D eigenvalue weighted by Crippen LogP contribution is 2.16. The zero-order valence-corrected chi connectivity index (χ0v) is 13.7. The summed E-state index contributed by atoms with van der Waals surface area (Å²) in [6.45, 7) is 5.77. The summed E-state index contributed by atoms with van der Waals surface area (Å²) in [5.41, 5.74) is 7.05. The van der Waals surface area contributed by atoms with E-state index in [9.17, 15) is 14.7 Å². The molecule has 23 heavy (non-hydrogen) atoms. The minimum Gasteiger partial charge on any atom is -0.480 e. The zero-order valence-electron chi connectivity index (χ0n) is 13.7. The minimum atomic E-state index is -0.980. The predicted octanol–water partition coefficient (Wildman–Crippen LogP) is 0.767.